The van der Waals surface area contributed by atoms with Crippen molar-refractivity contribution < 1.29 is 26.4 Å². The van der Waals surface area contributed by atoms with Crippen LogP contribution in [0, 0.1) is 11.8 Å². The molecule has 146 valence electrons. The first-order valence-corrected chi connectivity index (χ1v) is 9.36. The third-order valence-electron chi connectivity index (χ3n) is 4.82. The largest absolute Gasteiger partial charge is 1.00 e. The Hall–Kier alpha value is -0.770. The van der Waals surface area contributed by atoms with Crippen LogP contribution in [0.1, 0.15) is 47.5 Å². The van der Waals surface area contributed by atoms with E-state index in [9.17, 15) is 0 Å². The summed E-state index contributed by atoms with van der Waals surface area (Å²) in [7, 11) is 4.61. The maximum atomic E-state index is 6.12. The zero-order chi connectivity index (χ0) is 18.2. The monoisotopic (exact) mass is 371 g/mol. The fraction of sp³-hybridized carbons (Fsp3) is 0.714. The van der Waals surface area contributed by atoms with Gasteiger partial charge in [0.15, 0.2) is 6.23 Å². The average molecular weight is 372 g/mol. The van der Waals surface area contributed by atoms with Gasteiger partial charge in [0.1, 0.15) is 12.4 Å². The molecule has 0 saturated carbocycles. The molecule has 3 nitrogen and oxygen atoms in total. The SMILES string of the molecule is CC(C)CC(CC(C)C)[N+](C)(C)C(C)OCCOc1ccccc1.[Cl-]. The molecule has 1 unspecified atom stereocenters. The van der Waals surface area contributed by atoms with Crippen LogP contribution in [0.3, 0.4) is 0 Å². The van der Waals surface area contributed by atoms with Gasteiger partial charge in [-0.3, -0.25) is 0 Å². The van der Waals surface area contributed by atoms with Gasteiger partial charge in [-0.25, -0.2) is 0 Å². The Bertz CT molecular complexity index is 438. The van der Waals surface area contributed by atoms with E-state index in [4.69, 9.17) is 9.47 Å². The van der Waals surface area contributed by atoms with Crippen molar-refractivity contribution >= 4 is 0 Å². The molecule has 25 heavy (non-hydrogen) atoms. The Morgan fingerprint density at radius 2 is 1.36 bits per heavy atom. The second-order valence-corrected chi connectivity index (χ2v) is 8.17. The molecule has 4 heteroatoms. The minimum Gasteiger partial charge on any atom is -1.00 e. The molecule has 0 fully saturated rings. The average Bonchev–Trinajstić information content (AvgIpc) is 2.50. The van der Waals surface area contributed by atoms with Gasteiger partial charge >= 0.3 is 0 Å². The number of para-hydroxylation sites is 1. The van der Waals surface area contributed by atoms with Gasteiger partial charge in [0.25, 0.3) is 0 Å². The lowest BCUT2D eigenvalue weighted by atomic mass is 9.93. The van der Waals surface area contributed by atoms with Crippen LogP contribution in [-0.4, -0.2) is 44.1 Å². The lowest BCUT2D eigenvalue weighted by Gasteiger charge is -2.43. The van der Waals surface area contributed by atoms with E-state index in [0.29, 0.717) is 31.1 Å². The van der Waals surface area contributed by atoms with E-state index >= 15 is 0 Å². The highest BCUT2D eigenvalue weighted by atomic mass is 35.5. The summed E-state index contributed by atoms with van der Waals surface area (Å²) in [5.41, 5.74) is 0. The smallest absolute Gasteiger partial charge is 0.190 e. The Morgan fingerprint density at radius 3 is 1.84 bits per heavy atom. The first-order chi connectivity index (χ1) is 11.2. The van der Waals surface area contributed by atoms with E-state index in [1.807, 2.05) is 30.3 Å². The van der Waals surface area contributed by atoms with Crippen LogP contribution in [0.2, 0.25) is 0 Å². The second kappa shape index (κ2) is 11.8. The molecule has 0 aliphatic rings. The third kappa shape index (κ3) is 8.94. The minimum absolute atomic E-state index is 0. The molecule has 0 N–H and O–H groups in total. The van der Waals surface area contributed by atoms with Crippen molar-refractivity contribution in [3.05, 3.63) is 30.3 Å². The molecule has 0 amide bonds. The van der Waals surface area contributed by atoms with Crippen molar-refractivity contribution in [3.8, 4) is 5.75 Å². The summed E-state index contributed by atoms with van der Waals surface area (Å²) in [4.78, 5) is 0. The molecule has 0 aliphatic heterocycles. The normalized spacial score (nSPS) is 13.2. The number of ether oxygens (including phenoxy) is 2. The van der Waals surface area contributed by atoms with Crippen molar-refractivity contribution in [2.45, 2.75) is 59.7 Å². The van der Waals surface area contributed by atoms with Gasteiger partial charge < -0.3 is 26.4 Å². The Balaban J connectivity index is 0.00000576. The highest BCUT2D eigenvalue weighted by Crippen LogP contribution is 2.26. The lowest BCUT2D eigenvalue weighted by Crippen LogP contribution is -3.00. The predicted octanol–water partition coefficient (Wildman–Crippen LogP) is 1.97. The number of rotatable bonds is 11. The van der Waals surface area contributed by atoms with Crippen LogP contribution in [0.15, 0.2) is 30.3 Å². The van der Waals surface area contributed by atoms with Crippen molar-refractivity contribution in [2.75, 3.05) is 27.3 Å². The minimum atomic E-state index is 0. The van der Waals surface area contributed by atoms with Gasteiger partial charge in [-0.05, 0) is 24.0 Å². The van der Waals surface area contributed by atoms with E-state index < -0.39 is 0 Å². The van der Waals surface area contributed by atoms with Crippen LogP contribution >= 0.6 is 0 Å². The number of hydrogen-bond donors (Lipinski definition) is 0. The maximum Gasteiger partial charge on any atom is 0.190 e. The summed E-state index contributed by atoms with van der Waals surface area (Å²) in [5, 5.41) is 0. The van der Waals surface area contributed by atoms with Gasteiger partial charge in [0, 0.05) is 19.8 Å². The van der Waals surface area contributed by atoms with E-state index in [2.05, 4.69) is 48.7 Å². The molecule has 1 aromatic rings. The van der Waals surface area contributed by atoms with Crippen LogP contribution in [0.5, 0.6) is 5.75 Å². The molecule has 1 aromatic carbocycles. The second-order valence-electron chi connectivity index (χ2n) is 8.17. The molecule has 0 saturated heterocycles. The van der Waals surface area contributed by atoms with Gasteiger partial charge in [-0.15, -0.1) is 0 Å². The van der Waals surface area contributed by atoms with Gasteiger partial charge in [0.2, 0.25) is 0 Å². The highest BCUT2D eigenvalue weighted by Gasteiger charge is 2.35. The first kappa shape index (κ1) is 24.2. The Kier molecular flexibility index (Phi) is 11.4. The molecule has 0 heterocycles. The van der Waals surface area contributed by atoms with Gasteiger partial charge in [0.05, 0.1) is 26.7 Å². The summed E-state index contributed by atoms with van der Waals surface area (Å²) >= 11 is 0. The van der Waals surface area contributed by atoms with Gasteiger partial charge in [-0.1, -0.05) is 45.9 Å². The van der Waals surface area contributed by atoms with Crippen molar-refractivity contribution in [1.82, 2.24) is 0 Å². The standard InChI is InChI=1S/C21H38NO2.ClH/c1-17(2)15-20(16-18(3)4)22(6,7)19(5)23-13-14-24-21-11-9-8-10-12-21;/h8-12,17-20H,13-16H2,1-7H3;1H/q+1;/p-1. The third-order valence-corrected chi connectivity index (χ3v) is 4.82. The van der Waals surface area contributed by atoms with E-state index in [1.54, 1.807) is 0 Å². The summed E-state index contributed by atoms with van der Waals surface area (Å²) in [6, 6.07) is 10.5. The summed E-state index contributed by atoms with van der Waals surface area (Å²) in [6.07, 6.45) is 2.63. The van der Waals surface area contributed by atoms with Crippen LogP contribution in [0.25, 0.3) is 0 Å². The van der Waals surface area contributed by atoms with Crippen molar-refractivity contribution in [1.29, 1.82) is 0 Å². The van der Waals surface area contributed by atoms with Crippen LogP contribution in [-0.2, 0) is 4.74 Å². The number of benzene rings is 1. The van der Waals surface area contributed by atoms with Crippen LogP contribution in [0.4, 0.5) is 0 Å². The zero-order valence-corrected chi connectivity index (χ0v) is 17.9. The number of hydrogen-bond acceptors (Lipinski definition) is 2. The molecule has 1 rings (SSSR count). The lowest BCUT2D eigenvalue weighted by molar-refractivity contribution is -0.959. The van der Waals surface area contributed by atoms with Gasteiger partial charge in [-0.2, -0.15) is 0 Å². The van der Waals surface area contributed by atoms with Crippen molar-refractivity contribution in [2.24, 2.45) is 11.8 Å². The number of quaternary nitrogens is 1. The molecular formula is C21H38ClNO2. The van der Waals surface area contributed by atoms with Crippen LogP contribution < -0.4 is 17.1 Å². The van der Waals surface area contributed by atoms with E-state index in [0.717, 1.165) is 10.2 Å². The number of nitrogens with zero attached hydrogens (tertiary/aromatic N) is 1. The summed E-state index contributed by atoms with van der Waals surface area (Å²) in [6.45, 7) is 12.6. The molecule has 0 aliphatic carbocycles. The molecule has 1 atom stereocenters. The van der Waals surface area contributed by atoms with E-state index in [1.165, 1.54) is 12.8 Å². The molecule has 0 aromatic heterocycles. The molecule has 0 radical (unpaired) electrons. The highest BCUT2D eigenvalue weighted by molar-refractivity contribution is 5.20. The first-order valence-electron chi connectivity index (χ1n) is 9.36. The Labute approximate surface area is 161 Å². The topological polar surface area (TPSA) is 18.5 Å². The maximum absolute atomic E-state index is 6.12. The predicted molar refractivity (Wildman–Crippen MR) is 102 cm³/mol. The van der Waals surface area contributed by atoms with E-state index in [-0.39, 0.29) is 18.6 Å². The molecule has 0 spiro atoms. The fourth-order valence-electron chi connectivity index (χ4n) is 3.11. The molecule has 0 bridgehead atoms. The van der Waals surface area contributed by atoms with Crippen molar-refractivity contribution in [3.63, 3.8) is 0 Å². The Morgan fingerprint density at radius 1 is 0.840 bits per heavy atom. The summed E-state index contributed by atoms with van der Waals surface area (Å²) in [5.74, 6) is 2.32. The summed E-state index contributed by atoms with van der Waals surface area (Å²) < 4.78 is 12.8. The number of halogens is 1. The zero-order valence-electron chi connectivity index (χ0n) is 17.2. The quantitative estimate of drug-likeness (QED) is 0.336. The fourth-order valence-corrected chi connectivity index (χ4v) is 3.11. The molecular weight excluding hydrogens is 334 g/mol.